The summed E-state index contributed by atoms with van der Waals surface area (Å²) in [4.78, 5) is 0. The van der Waals surface area contributed by atoms with E-state index in [4.69, 9.17) is 10.5 Å². The first-order valence-corrected chi connectivity index (χ1v) is 6.28. The minimum absolute atomic E-state index is 0.209. The van der Waals surface area contributed by atoms with Crippen LogP contribution in [-0.4, -0.2) is 0 Å². The number of hydrogen-bond donors (Lipinski definition) is 1. The Morgan fingerprint density at radius 1 is 1.11 bits per heavy atom. The van der Waals surface area contributed by atoms with Crippen LogP contribution in [0.15, 0.2) is 36.4 Å². The number of rotatable bonds is 3. The third-order valence-corrected chi connectivity index (χ3v) is 3.19. The summed E-state index contributed by atoms with van der Waals surface area (Å²) in [6.07, 6.45) is 0. The summed E-state index contributed by atoms with van der Waals surface area (Å²) in [7, 11) is 0. The van der Waals surface area contributed by atoms with Crippen LogP contribution in [0.25, 0.3) is 0 Å². The second-order valence-corrected chi connectivity index (χ2v) is 4.79. The van der Waals surface area contributed by atoms with Crippen LogP contribution < -0.4 is 10.5 Å². The topological polar surface area (TPSA) is 35.2 Å². The lowest BCUT2D eigenvalue weighted by atomic mass is 10.1. The number of para-hydroxylation sites is 1. The molecule has 3 heteroatoms. The van der Waals surface area contributed by atoms with Crippen molar-refractivity contribution in [2.75, 3.05) is 0 Å². The Morgan fingerprint density at radius 2 is 1.84 bits per heavy atom. The fourth-order valence-electron chi connectivity index (χ4n) is 1.89. The first-order valence-electron chi connectivity index (χ1n) is 6.28. The maximum Gasteiger partial charge on any atom is 0.167 e. The molecule has 0 aliphatic carbocycles. The molecular formula is C16H18FNO. The molecule has 0 saturated carbocycles. The van der Waals surface area contributed by atoms with Gasteiger partial charge in [0.25, 0.3) is 0 Å². The number of aryl methyl sites for hydroxylation is 2. The third kappa shape index (κ3) is 2.93. The SMILES string of the molecule is Cc1ccc(Oc2c(F)cccc2[C@H](C)N)cc1C. The van der Waals surface area contributed by atoms with Crippen molar-refractivity contribution in [2.45, 2.75) is 26.8 Å². The van der Waals surface area contributed by atoms with E-state index >= 15 is 0 Å². The van der Waals surface area contributed by atoms with Gasteiger partial charge in [0, 0.05) is 11.6 Å². The zero-order valence-electron chi connectivity index (χ0n) is 11.4. The highest BCUT2D eigenvalue weighted by Gasteiger charge is 2.14. The first-order chi connectivity index (χ1) is 8.99. The summed E-state index contributed by atoms with van der Waals surface area (Å²) < 4.78 is 19.6. The molecule has 0 radical (unpaired) electrons. The van der Waals surface area contributed by atoms with Gasteiger partial charge in [-0.05, 0) is 50.1 Å². The van der Waals surface area contributed by atoms with E-state index in [1.54, 1.807) is 12.1 Å². The summed E-state index contributed by atoms with van der Waals surface area (Å²) in [6.45, 7) is 5.83. The minimum atomic E-state index is -0.395. The van der Waals surface area contributed by atoms with Gasteiger partial charge in [0.05, 0.1) is 0 Å². The van der Waals surface area contributed by atoms with Gasteiger partial charge in [0.1, 0.15) is 5.75 Å². The highest BCUT2D eigenvalue weighted by molar-refractivity contribution is 5.42. The van der Waals surface area contributed by atoms with Crippen LogP contribution in [0.2, 0.25) is 0 Å². The summed E-state index contributed by atoms with van der Waals surface area (Å²) in [5, 5.41) is 0. The van der Waals surface area contributed by atoms with E-state index in [-0.39, 0.29) is 11.8 Å². The predicted molar refractivity (Wildman–Crippen MR) is 75.0 cm³/mol. The lowest BCUT2D eigenvalue weighted by Gasteiger charge is -2.15. The number of hydrogen-bond acceptors (Lipinski definition) is 2. The largest absolute Gasteiger partial charge is 0.454 e. The van der Waals surface area contributed by atoms with E-state index in [0.29, 0.717) is 11.3 Å². The molecule has 2 nitrogen and oxygen atoms in total. The van der Waals surface area contributed by atoms with Crippen molar-refractivity contribution < 1.29 is 9.13 Å². The quantitative estimate of drug-likeness (QED) is 0.894. The van der Waals surface area contributed by atoms with E-state index in [9.17, 15) is 4.39 Å². The Labute approximate surface area is 113 Å². The van der Waals surface area contributed by atoms with Gasteiger partial charge >= 0.3 is 0 Å². The Hall–Kier alpha value is -1.87. The van der Waals surface area contributed by atoms with Crippen LogP contribution in [-0.2, 0) is 0 Å². The normalized spacial score (nSPS) is 12.3. The third-order valence-electron chi connectivity index (χ3n) is 3.19. The van der Waals surface area contributed by atoms with Crippen LogP contribution in [0.1, 0.15) is 29.7 Å². The molecule has 0 amide bonds. The van der Waals surface area contributed by atoms with Crippen molar-refractivity contribution in [1.82, 2.24) is 0 Å². The van der Waals surface area contributed by atoms with Crippen molar-refractivity contribution in [3.63, 3.8) is 0 Å². The fraction of sp³-hybridized carbons (Fsp3) is 0.250. The van der Waals surface area contributed by atoms with E-state index in [1.165, 1.54) is 11.6 Å². The van der Waals surface area contributed by atoms with Gasteiger partial charge in [0.15, 0.2) is 11.6 Å². The molecule has 2 aromatic carbocycles. The molecule has 0 spiro atoms. The molecule has 0 aromatic heterocycles. The van der Waals surface area contributed by atoms with Crippen LogP contribution in [0.3, 0.4) is 0 Å². The number of benzene rings is 2. The standard InChI is InChI=1S/C16H18FNO/c1-10-7-8-13(9-11(10)2)19-16-14(12(3)18)5-4-6-15(16)17/h4-9,12H,18H2,1-3H3/t12-/m0/s1. The minimum Gasteiger partial charge on any atom is -0.454 e. The second-order valence-electron chi connectivity index (χ2n) is 4.79. The van der Waals surface area contributed by atoms with E-state index in [0.717, 1.165) is 5.56 Å². The van der Waals surface area contributed by atoms with Crippen LogP contribution in [0.5, 0.6) is 11.5 Å². The lowest BCUT2D eigenvalue weighted by Crippen LogP contribution is -2.07. The van der Waals surface area contributed by atoms with E-state index < -0.39 is 5.82 Å². The van der Waals surface area contributed by atoms with Crippen molar-refractivity contribution in [1.29, 1.82) is 0 Å². The van der Waals surface area contributed by atoms with E-state index in [1.807, 2.05) is 39.0 Å². The molecule has 0 heterocycles. The highest BCUT2D eigenvalue weighted by atomic mass is 19.1. The Kier molecular flexibility index (Phi) is 3.86. The molecule has 0 aliphatic rings. The average molecular weight is 259 g/mol. The molecular weight excluding hydrogens is 241 g/mol. The Morgan fingerprint density at radius 3 is 2.47 bits per heavy atom. The van der Waals surface area contributed by atoms with Gasteiger partial charge in [0.2, 0.25) is 0 Å². The summed E-state index contributed by atoms with van der Waals surface area (Å²) in [6, 6.07) is 10.2. The monoisotopic (exact) mass is 259 g/mol. The second kappa shape index (κ2) is 5.41. The molecule has 19 heavy (non-hydrogen) atoms. The average Bonchev–Trinajstić information content (AvgIpc) is 2.36. The molecule has 0 fully saturated rings. The van der Waals surface area contributed by atoms with Gasteiger partial charge < -0.3 is 10.5 Å². The van der Waals surface area contributed by atoms with Gasteiger partial charge in [-0.2, -0.15) is 0 Å². The molecule has 100 valence electrons. The molecule has 2 aromatic rings. The van der Waals surface area contributed by atoms with Gasteiger partial charge in [-0.25, -0.2) is 4.39 Å². The highest BCUT2D eigenvalue weighted by Crippen LogP contribution is 2.32. The predicted octanol–water partition coefficient (Wildman–Crippen LogP) is 4.25. The summed E-state index contributed by atoms with van der Waals surface area (Å²) in [5.74, 6) is 0.434. The molecule has 2 N–H and O–H groups in total. The Bertz CT molecular complexity index is 593. The first kappa shape index (κ1) is 13.6. The van der Waals surface area contributed by atoms with Crippen molar-refractivity contribution in [2.24, 2.45) is 5.73 Å². The molecule has 0 bridgehead atoms. The number of halogens is 1. The van der Waals surface area contributed by atoms with Crippen molar-refractivity contribution in [3.8, 4) is 11.5 Å². The maximum atomic E-state index is 13.9. The van der Waals surface area contributed by atoms with E-state index in [2.05, 4.69) is 0 Å². The molecule has 0 aliphatic heterocycles. The number of ether oxygens (including phenoxy) is 1. The lowest BCUT2D eigenvalue weighted by molar-refractivity contribution is 0.432. The number of nitrogens with two attached hydrogens (primary N) is 1. The summed E-state index contributed by atoms with van der Waals surface area (Å²) in [5.41, 5.74) is 8.79. The molecule has 1 atom stereocenters. The summed E-state index contributed by atoms with van der Waals surface area (Å²) >= 11 is 0. The van der Waals surface area contributed by atoms with Crippen LogP contribution in [0.4, 0.5) is 4.39 Å². The molecule has 0 saturated heterocycles. The van der Waals surface area contributed by atoms with Gasteiger partial charge in [-0.3, -0.25) is 0 Å². The molecule has 0 unspecified atom stereocenters. The Balaban J connectivity index is 2.40. The van der Waals surface area contributed by atoms with Crippen molar-refractivity contribution in [3.05, 3.63) is 58.9 Å². The zero-order chi connectivity index (χ0) is 14.0. The van der Waals surface area contributed by atoms with Gasteiger partial charge in [-0.1, -0.05) is 18.2 Å². The van der Waals surface area contributed by atoms with Crippen LogP contribution in [0, 0.1) is 19.7 Å². The maximum absolute atomic E-state index is 13.9. The van der Waals surface area contributed by atoms with Crippen LogP contribution >= 0.6 is 0 Å². The smallest absolute Gasteiger partial charge is 0.167 e. The zero-order valence-corrected chi connectivity index (χ0v) is 11.4. The fourth-order valence-corrected chi connectivity index (χ4v) is 1.89. The van der Waals surface area contributed by atoms with Gasteiger partial charge in [-0.15, -0.1) is 0 Å². The van der Waals surface area contributed by atoms with Crippen molar-refractivity contribution >= 4 is 0 Å². The molecule has 2 rings (SSSR count).